The first-order valence-corrected chi connectivity index (χ1v) is 27.6. The first kappa shape index (κ1) is 61.8. The van der Waals surface area contributed by atoms with Gasteiger partial charge in [-0.15, -0.1) is 0 Å². The van der Waals surface area contributed by atoms with Crippen LogP contribution in [0, 0.1) is 18.3 Å². The maximum Gasteiger partial charge on any atom is 0.263 e. The number of sulfonamides is 1. The van der Waals surface area contributed by atoms with E-state index < -0.39 is 10.0 Å². The topological polar surface area (TPSA) is 229 Å². The Morgan fingerprint density at radius 3 is 1.55 bits per heavy atom. The highest BCUT2D eigenvalue weighted by atomic mass is 32.2. The van der Waals surface area contributed by atoms with E-state index in [-0.39, 0.29) is 21.3 Å². The minimum atomic E-state index is -4.02. The highest BCUT2D eigenvalue weighted by Crippen LogP contribution is 2.38. The quantitative estimate of drug-likeness (QED) is 0.0380. The number of pyridine rings is 1. The Balaban J connectivity index is 0.859. The van der Waals surface area contributed by atoms with Crippen LogP contribution in [0.1, 0.15) is 29.7 Å². The SMILES string of the molecule is COCCOCCOCCOCCOCCOCCOCCOCCOCCOCCOCCOCCCCc1cc(-c2cc(-c3cccc(C)c3)ccc2Oc2ccc(S(=O)(=O)Nc3ncns3)cc2C#N)ccn1. The molecular formula is C54H73N5O15S2. The normalized spacial score (nSPS) is 11.5. The molecule has 0 amide bonds. The summed E-state index contributed by atoms with van der Waals surface area (Å²) in [6, 6.07) is 24.3. The Morgan fingerprint density at radius 1 is 0.539 bits per heavy atom. The van der Waals surface area contributed by atoms with E-state index in [1.54, 1.807) is 13.3 Å². The molecule has 0 aliphatic heterocycles. The number of rotatable bonds is 45. The molecule has 0 radical (unpaired) electrons. The zero-order valence-corrected chi connectivity index (χ0v) is 45.3. The standard InChI is InChI=1S/C54H73N5O15S2/c1-44-6-5-7-45(38-44)46-9-11-53(74-52-12-10-50(40-48(52)42-55)76(60,61)59-54-57-43-58-75-54)51(41-46)47-13-14-56-49(39-47)8-3-4-15-63-18-19-65-22-23-67-26-27-69-30-31-71-34-35-73-37-36-72-33-32-70-29-28-68-25-24-66-21-20-64-17-16-62-2/h5-7,9-14,38-41,43H,3-4,8,15-37H2,1-2H3,(H,57,58,59). The predicted octanol–water partition coefficient (Wildman–Crippen LogP) is 7.19. The Labute approximate surface area is 451 Å². The third-order valence-electron chi connectivity index (χ3n) is 10.8. The molecule has 5 rings (SSSR count). The Hall–Kier alpha value is -5.07. The molecule has 0 saturated heterocycles. The highest BCUT2D eigenvalue weighted by Gasteiger charge is 2.20. The summed E-state index contributed by atoms with van der Waals surface area (Å²) in [6.45, 7) is 13.6. The van der Waals surface area contributed by atoms with E-state index in [0.29, 0.717) is 158 Å². The van der Waals surface area contributed by atoms with Gasteiger partial charge in [0.25, 0.3) is 10.0 Å². The molecule has 2 heterocycles. The summed E-state index contributed by atoms with van der Waals surface area (Å²) in [5, 5.41) is 10.2. The third kappa shape index (κ3) is 25.4. The Morgan fingerprint density at radius 2 is 1.05 bits per heavy atom. The van der Waals surface area contributed by atoms with Crippen molar-refractivity contribution in [1.29, 1.82) is 5.26 Å². The van der Waals surface area contributed by atoms with Crippen molar-refractivity contribution < 1.29 is 70.0 Å². The van der Waals surface area contributed by atoms with Crippen molar-refractivity contribution in [1.82, 2.24) is 14.3 Å². The lowest BCUT2D eigenvalue weighted by atomic mass is 9.97. The van der Waals surface area contributed by atoms with Gasteiger partial charge in [-0.25, -0.2) is 13.4 Å². The average Bonchev–Trinajstić information content (AvgIpc) is 3.94. The van der Waals surface area contributed by atoms with Crippen LogP contribution in [0.15, 0.2) is 90.2 Å². The lowest BCUT2D eigenvalue weighted by Crippen LogP contribution is -2.15. The van der Waals surface area contributed by atoms with Crippen molar-refractivity contribution in [2.45, 2.75) is 31.1 Å². The summed E-state index contributed by atoms with van der Waals surface area (Å²) in [6.07, 6.45) is 5.49. The molecule has 5 aromatic rings. The van der Waals surface area contributed by atoms with Crippen molar-refractivity contribution >= 4 is 26.7 Å². The van der Waals surface area contributed by atoms with Gasteiger partial charge in [-0.3, -0.25) is 9.71 Å². The minimum Gasteiger partial charge on any atom is -0.455 e. The maximum absolute atomic E-state index is 13.0. The molecule has 22 heteroatoms. The van der Waals surface area contributed by atoms with Crippen LogP contribution in [0.2, 0.25) is 0 Å². The van der Waals surface area contributed by atoms with Gasteiger partial charge >= 0.3 is 0 Å². The Kier molecular flexibility index (Phi) is 31.3. The molecule has 0 unspecified atom stereocenters. The molecule has 0 aliphatic carbocycles. The molecule has 3 aromatic carbocycles. The molecule has 20 nitrogen and oxygen atoms in total. The van der Waals surface area contributed by atoms with Crippen molar-refractivity contribution in [3.05, 3.63) is 102 Å². The second-order valence-corrected chi connectivity index (χ2v) is 19.0. The number of aryl methyl sites for hydroxylation is 2. The molecule has 2 aromatic heterocycles. The minimum absolute atomic E-state index is 0.0502. The van der Waals surface area contributed by atoms with Crippen molar-refractivity contribution in [3.63, 3.8) is 0 Å². The van der Waals surface area contributed by atoms with Crippen LogP contribution in [-0.2, 0) is 73.3 Å². The second kappa shape index (κ2) is 38.5. The van der Waals surface area contributed by atoms with Crippen LogP contribution >= 0.6 is 11.5 Å². The van der Waals surface area contributed by atoms with Gasteiger partial charge in [-0.05, 0) is 85.3 Å². The van der Waals surface area contributed by atoms with Crippen LogP contribution in [0.4, 0.5) is 5.13 Å². The van der Waals surface area contributed by atoms with Crippen LogP contribution in [-0.4, -0.2) is 182 Å². The first-order chi connectivity index (χ1) is 37.4. The number of hydrogen-bond acceptors (Lipinski definition) is 20. The number of nitriles is 1. The van der Waals surface area contributed by atoms with Crippen LogP contribution in [0.3, 0.4) is 0 Å². The van der Waals surface area contributed by atoms with Crippen molar-refractivity contribution in [3.8, 4) is 39.8 Å². The van der Waals surface area contributed by atoms with E-state index in [0.717, 1.165) is 64.3 Å². The maximum atomic E-state index is 13.0. The van der Waals surface area contributed by atoms with Gasteiger partial charge in [0.2, 0.25) is 5.13 Å². The number of nitrogens with one attached hydrogen (secondary N) is 1. The average molecular weight is 1100 g/mol. The summed E-state index contributed by atoms with van der Waals surface area (Å²) in [5.74, 6) is 0.701. The van der Waals surface area contributed by atoms with Crippen LogP contribution in [0.5, 0.6) is 11.5 Å². The van der Waals surface area contributed by atoms with E-state index >= 15 is 0 Å². The van der Waals surface area contributed by atoms with Gasteiger partial charge in [-0.2, -0.15) is 9.64 Å². The number of nitrogens with zero attached hydrogens (tertiary/aromatic N) is 4. The van der Waals surface area contributed by atoms with E-state index in [1.807, 2.05) is 43.3 Å². The number of benzene rings is 3. The van der Waals surface area contributed by atoms with Gasteiger partial charge in [-0.1, -0.05) is 35.9 Å². The van der Waals surface area contributed by atoms with Gasteiger partial charge in [0.05, 0.1) is 156 Å². The number of anilines is 1. The van der Waals surface area contributed by atoms with Crippen LogP contribution in [0.25, 0.3) is 22.3 Å². The lowest BCUT2D eigenvalue weighted by molar-refractivity contribution is -0.0280. The molecule has 416 valence electrons. The molecule has 0 aliphatic rings. The molecule has 1 N–H and O–H groups in total. The first-order valence-electron chi connectivity index (χ1n) is 25.4. The highest BCUT2D eigenvalue weighted by molar-refractivity contribution is 7.93. The summed E-state index contributed by atoms with van der Waals surface area (Å²) in [7, 11) is -2.38. The van der Waals surface area contributed by atoms with Crippen molar-refractivity contribution in [2.24, 2.45) is 0 Å². The Bertz CT molecular complexity index is 2480. The molecule has 0 spiro atoms. The monoisotopic (exact) mass is 1100 g/mol. The van der Waals surface area contributed by atoms with E-state index in [1.165, 1.54) is 24.5 Å². The molecule has 0 bridgehead atoms. The molecule has 0 atom stereocenters. The fourth-order valence-corrected chi connectivity index (χ4v) is 8.64. The van der Waals surface area contributed by atoms with E-state index in [9.17, 15) is 13.7 Å². The smallest absolute Gasteiger partial charge is 0.263 e. The number of ether oxygens (including phenoxy) is 13. The molecule has 0 fully saturated rings. The fraction of sp³-hybridized carbons (Fsp3) is 0.519. The van der Waals surface area contributed by atoms with Gasteiger partial charge in [0.15, 0.2) is 0 Å². The van der Waals surface area contributed by atoms with E-state index in [2.05, 4.69) is 43.3 Å². The number of methoxy groups -OCH3 is 1. The molecule has 0 saturated carbocycles. The number of aromatic nitrogens is 3. The second-order valence-electron chi connectivity index (χ2n) is 16.5. The third-order valence-corrected chi connectivity index (χ3v) is 12.8. The van der Waals surface area contributed by atoms with E-state index in [4.69, 9.17) is 61.6 Å². The summed E-state index contributed by atoms with van der Waals surface area (Å²) in [4.78, 5) is 8.43. The molecular weight excluding hydrogens is 1020 g/mol. The summed E-state index contributed by atoms with van der Waals surface area (Å²) >= 11 is 0.906. The number of unbranched alkanes of at least 4 members (excludes halogenated alkanes) is 1. The zero-order chi connectivity index (χ0) is 53.6. The zero-order valence-electron chi connectivity index (χ0n) is 43.7. The van der Waals surface area contributed by atoms with Gasteiger partial charge in [0, 0.05) is 42.7 Å². The largest absolute Gasteiger partial charge is 0.455 e. The number of hydrogen-bond donors (Lipinski definition) is 1. The van der Waals surface area contributed by atoms with Crippen LogP contribution < -0.4 is 9.46 Å². The molecule has 76 heavy (non-hydrogen) atoms. The predicted molar refractivity (Wildman–Crippen MR) is 286 cm³/mol. The summed E-state index contributed by atoms with van der Waals surface area (Å²) < 4.78 is 105. The summed E-state index contributed by atoms with van der Waals surface area (Å²) in [5.41, 5.74) is 5.79. The van der Waals surface area contributed by atoms with Gasteiger partial charge in [0.1, 0.15) is 23.9 Å². The van der Waals surface area contributed by atoms with Gasteiger partial charge < -0.3 is 61.6 Å². The fourth-order valence-electron chi connectivity index (χ4n) is 6.95. The van der Waals surface area contributed by atoms with Crippen molar-refractivity contribution in [2.75, 3.05) is 164 Å². The lowest BCUT2D eigenvalue weighted by Gasteiger charge is -2.16.